The molecule has 2 N–H and O–H groups in total. The zero-order chi connectivity index (χ0) is 13.8. The van der Waals surface area contributed by atoms with E-state index >= 15 is 0 Å². The molecule has 0 aliphatic heterocycles. The molecule has 0 saturated heterocycles. The van der Waals surface area contributed by atoms with Crippen molar-refractivity contribution in [3.05, 3.63) is 63.6 Å². The number of ketones is 1. The predicted molar refractivity (Wildman–Crippen MR) is 74.3 cm³/mol. The molecular formula is C14H12BrFN2O. The predicted octanol–water partition coefficient (Wildman–Crippen LogP) is 2.87. The summed E-state index contributed by atoms with van der Waals surface area (Å²) in [6.45, 7) is 0.284. The Labute approximate surface area is 118 Å². The first kappa shape index (κ1) is 13.8. The van der Waals surface area contributed by atoms with Crippen LogP contribution in [0.3, 0.4) is 0 Å². The van der Waals surface area contributed by atoms with Crippen molar-refractivity contribution in [3.8, 4) is 0 Å². The molecule has 0 aliphatic rings. The average molecular weight is 323 g/mol. The van der Waals surface area contributed by atoms with Crippen LogP contribution in [0.15, 0.2) is 41.0 Å². The highest BCUT2D eigenvalue weighted by Crippen LogP contribution is 2.16. The second-order valence-corrected chi connectivity index (χ2v) is 5.03. The highest BCUT2D eigenvalue weighted by Gasteiger charge is 2.09. The van der Waals surface area contributed by atoms with Crippen LogP contribution in [0.1, 0.15) is 21.6 Å². The number of halogens is 2. The normalized spacial score (nSPS) is 10.5. The number of hydrogen-bond acceptors (Lipinski definition) is 3. The summed E-state index contributed by atoms with van der Waals surface area (Å²) in [5.41, 5.74) is 7.31. The van der Waals surface area contributed by atoms with Crippen molar-refractivity contribution in [1.82, 2.24) is 4.98 Å². The third kappa shape index (κ3) is 3.68. The largest absolute Gasteiger partial charge is 0.325 e. The van der Waals surface area contributed by atoms with E-state index in [2.05, 4.69) is 20.9 Å². The van der Waals surface area contributed by atoms with Gasteiger partial charge in [0.25, 0.3) is 0 Å². The van der Waals surface area contributed by atoms with Gasteiger partial charge in [-0.3, -0.25) is 9.78 Å². The van der Waals surface area contributed by atoms with Gasteiger partial charge in [-0.1, -0.05) is 15.9 Å². The Hall–Kier alpha value is -1.59. The smallest absolute Gasteiger partial charge is 0.167 e. The molecule has 1 heterocycles. The van der Waals surface area contributed by atoms with Crippen molar-refractivity contribution in [2.75, 3.05) is 0 Å². The van der Waals surface area contributed by atoms with E-state index in [-0.39, 0.29) is 24.6 Å². The van der Waals surface area contributed by atoms with Crippen molar-refractivity contribution in [2.45, 2.75) is 13.0 Å². The van der Waals surface area contributed by atoms with E-state index in [9.17, 15) is 9.18 Å². The number of aromatic nitrogens is 1. The maximum Gasteiger partial charge on any atom is 0.167 e. The van der Waals surface area contributed by atoms with Gasteiger partial charge in [0.05, 0.1) is 5.69 Å². The van der Waals surface area contributed by atoms with Crippen LogP contribution >= 0.6 is 15.9 Å². The van der Waals surface area contributed by atoms with E-state index in [1.807, 2.05) is 0 Å². The van der Waals surface area contributed by atoms with Crippen LogP contribution in [0.5, 0.6) is 0 Å². The molecular weight excluding hydrogens is 311 g/mol. The first-order chi connectivity index (χ1) is 9.08. The van der Waals surface area contributed by atoms with Gasteiger partial charge in [0.1, 0.15) is 5.82 Å². The standard InChI is InChI=1S/C14H12BrFN2O/c15-11-3-9(4-12(16)7-11)5-14(19)10-1-2-18-13(6-10)8-17/h1-4,6-7H,5,8,17H2. The fourth-order valence-electron chi connectivity index (χ4n) is 1.76. The number of nitrogens with two attached hydrogens (primary N) is 1. The van der Waals surface area contributed by atoms with E-state index in [1.165, 1.54) is 12.1 Å². The summed E-state index contributed by atoms with van der Waals surface area (Å²) >= 11 is 3.20. The highest BCUT2D eigenvalue weighted by molar-refractivity contribution is 9.10. The summed E-state index contributed by atoms with van der Waals surface area (Å²) in [4.78, 5) is 16.1. The van der Waals surface area contributed by atoms with Crippen LogP contribution in [0.25, 0.3) is 0 Å². The van der Waals surface area contributed by atoms with E-state index < -0.39 is 0 Å². The monoisotopic (exact) mass is 322 g/mol. The van der Waals surface area contributed by atoms with Crippen molar-refractivity contribution in [1.29, 1.82) is 0 Å². The lowest BCUT2D eigenvalue weighted by Crippen LogP contribution is -2.07. The SMILES string of the molecule is NCc1cc(C(=O)Cc2cc(F)cc(Br)c2)ccn1. The molecule has 3 nitrogen and oxygen atoms in total. The van der Waals surface area contributed by atoms with Gasteiger partial charge in [0, 0.05) is 29.2 Å². The van der Waals surface area contributed by atoms with E-state index in [0.717, 1.165) is 0 Å². The minimum Gasteiger partial charge on any atom is -0.325 e. The Balaban J connectivity index is 2.20. The lowest BCUT2D eigenvalue weighted by atomic mass is 10.0. The summed E-state index contributed by atoms with van der Waals surface area (Å²) in [5, 5.41) is 0. The molecule has 0 unspecified atom stereocenters. The van der Waals surface area contributed by atoms with Crippen LogP contribution < -0.4 is 5.73 Å². The molecule has 2 aromatic rings. The van der Waals surface area contributed by atoms with Crippen molar-refractivity contribution in [3.63, 3.8) is 0 Å². The number of benzene rings is 1. The Morgan fingerprint density at radius 1 is 1.32 bits per heavy atom. The second kappa shape index (κ2) is 6.04. The molecule has 2 rings (SSSR count). The number of rotatable bonds is 4. The number of Topliss-reactive ketones (excluding diaryl/α,β-unsaturated/α-hetero) is 1. The van der Waals surface area contributed by atoms with Gasteiger partial charge in [-0.2, -0.15) is 0 Å². The van der Waals surface area contributed by atoms with Crippen LogP contribution in [0, 0.1) is 5.82 Å². The molecule has 19 heavy (non-hydrogen) atoms. The maximum absolute atomic E-state index is 13.2. The molecule has 0 radical (unpaired) electrons. The van der Waals surface area contributed by atoms with Crippen molar-refractivity contribution >= 4 is 21.7 Å². The minimum absolute atomic E-state index is 0.0883. The molecule has 0 aliphatic carbocycles. The van der Waals surface area contributed by atoms with E-state index in [0.29, 0.717) is 21.3 Å². The number of nitrogens with zero attached hydrogens (tertiary/aromatic N) is 1. The topological polar surface area (TPSA) is 56.0 Å². The van der Waals surface area contributed by atoms with Crippen LogP contribution in [0.4, 0.5) is 4.39 Å². The van der Waals surface area contributed by atoms with Crippen molar-refractivity contribution in [2.24, 2.45) is 5.73 Å². The minimum atomic E-state index is -0.366. The molecule has 0 saturated carbocycles. The molecule has 0 amide bonds. The highest BCUT2D eigenvalue weighted by atomic mass is 79.9. The fourth-order valence-corrected chi connectivity index (χ4v) is 2.28. The first-order valence-corrected chi connectivity index (χ1v) is 6.51. The summed E-state index contributed by atoms with van der Waals surface area (Å²) in [6.07, 6.45) is 1.70. The lowest BCUT2D eigenvalue weighted by Gasteiger charge is -2.04. The molecule has 1 aromatic carbocycles. The quantitative estimate of drug-likeness (QED) is 0.880. The summed E-state index contributed by atoms with van der Waals surface area (Å²) in [6, 6.07) is 7.74. The van der Waals surface area contributed by atoms with Gasteiger partial charge in [-0.25, -0.2) is 4.39 Å². The van der Waals surface area contributed by atoms with E-state index in [4.69, 9.17) is 5.73 Å². The van der Waals surface area contributed by atoms with Gasteiger partial charge in [0.15, 0.2) is 5.78 Å². The average Bonchev–Trinajstić information content (AvgIpc) is 2.37. The zero-order valence-corrected chi connectivity index (χ0v) is 11.7. The summed E-state index contributed by atoms with van der Waals surface area (Å²) in [7, 11) is 0. The van der Waals surface area contributed by atoms with Crippen LogP contribution in [0.2, 0.25) is 0 Å². The van der Waals surface area contributed by atoms with Gasteiger partial charge < -0.3 is 5.73 Å². The molecule has 0 bridgehead atoms. The molecule has 5 heteroatoms. The third-order valence-electron chi connectivity index (χ3n) is 2.63. The molecule has 1 aromatic heterocycles. The summed E-state index contributed by atoms with van der Waals surface area (Å²) < 4.78 is 13.8. The first-order valence-electron chi connectivity index (χ1n) is 5.71. The number of carbonyl (C=O) groups excluding carboxylic acids is 1. The van der Waals surface area contributed by atoms with E-state index in [1.54, 1.807) is 24.4 Å². The maximum atomic E-state index is 13.2. The van der Waals surface area contributed by atoms with Gasteiger partial charge >= 0.3 is 0 Å². The molecule has 0 fully saturated rings. The molecule has 0 atom stereocenters. The number of pyridine rings is 1. The second-order valence-electron chi connectivity index (χ2n) is 4.12. The van der Waals surface area contributed by atoms with Crippen molar-refractivity contribution < 1.29 is 9.18 Å². The zero-order valence-electron chi connectivity index (χ0n) is 10.1. The lowest BCUT2D eigenvalue weighted by molar-refractivity contribution is 0.0992. The van der Waals surface area contributed by atoms with Gasteiger partial charge in [-0.05, 0) is 35.9 Å². The third-order valence-corrected chi connectivity index (χ3v) is 3.09. The van der Waals surface area contributed by atoms with Gasteiger partial charge in [-0.15, -0.1) is 0 Å². The fraction of sp³-hybridized carbons (Fsp3) is 0.143. The number of carbonyl (C=O) groups is 1. The Bertz CT molecular complexity index is 596. The van der Waals surface area contributed by atoms with Gasteiger partial charge in [0.2, 0.25) is 0 Å². The van der Waals surface area contributed by atoms with Crippen LogP contribution in [-0.2, 0) is 13.0 Å². The molecule has 98 valence electrons. The Morgan fingerprint density at radius 3 is 2.79 bits per heavy atom. The Morgan fingerprint density at radius 2 is 2.11 bits per heavy atom. The van der Waals surface area contributed by atoms with Crippen LogP contribution in [-0.4, -0.2) is 10.8 Å². The molecule has 0 spiro atoms. The number of hydrogen-bond donors (Lipinski definition) is 1. The summed E-state index contributed by atoms with van der Waals surface area (Å²) in [5.74, 6) is -0.454. The Kier molecular flexibility index (Phi) is 4.39.